The van der Waals surface area contributed by atoms with Crippen LogP contribution in [0.4, 0.5) is 0 Å². The van der Waals surface area contributed by atoms with Gasteiger partial charge in [0.2, 0.25) is 0 Å². The first-order valence-electron chi connectivity index (χ1n) is 33.7. The molecule has 81 heavy (non-hydrogen) atoms. The molecule has 0 aromatic carbocycles. The fraction of sp³-hybridized carbons (Fsp3) is 0.667. The van der Waals surface area contributed by atoms with Gasteiger partial charge in [-0.2, -0.15) is 0 Å². The van der Waals surface area contributed by atoms with Crippen LogP contribution < -0.4 is 0 Å². The second-order valence-electron chi connectivity index (χ2n) is 22.0. The zero-order valence-corrected chi connectivity index (χ0v) is 52.8. The molecule has 460 valence electrons. The van der Waals surface area contributed by atoms with Crippen molar-refractivity contribution in [1.82, 2.24) is 0 Å². The van der Waals surface area contributed by atoms with Crippen molar-refractivity contribution >= 4 is 17.9 Å². The summed E-state index contributed by atoms with van der Waals surface area (Å²) in [6, 6.07) is 0. The summed E-state index contributed by atoms with van der Waals surface area (Å²) in [5.41, 5.74) is 0. The SMILES string of the molecule is CC/C=C\C/C=C\C/C=C\C/C=C\C/C=C\C/C=C\C/C=C\CCCCCCCC(=O)OCC(COC(=O)CCCCCCCCCCCCCCC)OC(=O)CCCCCCCCCCCC/C=C\C/C=C\C/C=C\C/C=C\CC. The lowest BCUT2D eigenvalue weighted by Crippen LogP contribution is -2.30. The predicted molar refractivity (Wildman–Crippen MR) is 353 cm³/mol. The van der Waals surface area contributed by atoms with Gasteiger partial charge >= 0.3 is 17.9 Å². The molecule has 0 bridgehead atoms. The highest BCUT2D eigenvalue weighted by Gasteiger charge is 2.19. The maximum absolute atomic E-state index is 12.9. The molecular formula is C75H124O6. The van der Waals surface area contributed by atoms with Crippen molar-refractivity contribution < 1.29 is 28.6 Å². The Balaban J connectivity index is 4.38. The van der Waals surface area contributed by atoms with Gasteiger partial charge in [0.05, 0.1) is 0 Å². The van der Waals surface area contributed by atoms with E-state index in [0.717, 1.165) is 148 Å². The van der Waals surface area contributed by atoms with E-state index in [-0.39, 0.29) is 31.1 Å². The van der Waals surface area contributed by atoms with E-state index in [0.29, 0.717) is 19.3 Å². The van der Waals surface area contributed by atoms with E-state index < -0.39 is 6.10 Å². The number of rotatable bonds is 60. The highest BCUT2D eigenvalue weighted by atomic mass is 16.6. The Morgan fingerprint density at radius 1 is 0.259 bits per heavy atom. The van der Waals surface area contributed by atoms with Crippen molar-refractivity contribution in [2.24, 2.45) is 0 Å². The van der Waals surface area contributed by atoms with Crippen molar-refractivity contribution in [2.75, 3.05) is 13.2 Å². The monoisotopic (exact) mass is 1120 g/mol. The maximum atomic E-state index is 12.9. The smallest absolute Gasteiger partial charge is 0.306 e. The number of ether oxygens (including phenoxy) is 3. The Kier molecular flexibility index (Phi) is 64.3. The standard InChI is InChI=1S/C75H124O6/c1-4-7-10-13-16-19-22-25-27-29-31-33-35-36-37-38-40-41-43-45-47-50-53-56-59-62-65-68-74(77)80-71-72(70-79-73(76)67-64-61-58-55-52-49-24-21-18-15-12-9-6-3)81-75(78)69-66-63-60-57-54-51-48-46-44-42-39-34-32-30-28-26-23-20-17-14-11-8-5-2/h7-8,10-11,16-17,19-20,25-28,31-34,36-37,40-41,45,47,72H,4-6,9,12-15,18,21-24,29-30,35,38-39,42-44,46,48-71H2,1-3H3/b10-7-,11-8-,19-16-,20-17-,27-25-,28-26-,33-31-,34-32-,37-36-,41-40-,47-45-. The molecule has 0 amide bonds. The number of allylic oxidation sites excluding steroid dienone is 22. The number of carbonyl (C=O) groups is 3. The molecule has 0 spiro atoms. The summed E-state index contributed by atoms with van der Waals surface area (Å²) in [6.45, 7) is 6.41. The van der Waals surface area contributed by atoms with Gasteiger partial charge in [0.25, 0.3) is 0 Å². The lowest BCUT2D eigenvalue weighted by atomic mass is 10.0. The zero-order chi connectivity index (χ0) is 58.5. The molecule has 0 radical (unpaired) electrons. The number of carbonyl (C=O) groups excluding carboxylic acids is 3. The van der Waals surface area contributed by atoms with E-state index in [1.165, 1.54) is 116 Å². The van der Waals surface area contributed by atoms with Crippen LogP contribution in [-0.2, 0) is 28.6 Å². The minimum absolute atomic E-state index is 0.0867. The van der Waals surface area contributed by atoms with Crippen molar-refractivity contribution in [3.8, 4) is 0 Å². The first-order valence-corrected chi connectivity index (χ1v) is 33.7. The number of esters is 3. The average molecular weight is 1120 g/mol. The van der Waals surface area contributed by atoms with E-state index in [2.05, 4.69) is 154 Å². The minimum Gasteiger partial charge on any atom is -0.462 e. The van der Waals surface area contributed by atoms with Crippen LogP contribution in [0, 0.1) is 0 Å². The van der Waals surface area contributed by atoms with Crippen molar-refractivity contribution in [1.29, 1.82) is 0 Å². The molecule has 0 aliphatic heterocycles. The fourth-order valence-electron chi connectivity index (χ4n) is 9.18. The van der Waals surface area contributed by atoms with E-state index in [4.69, 9.17) is 14.2 Å². The van der Waals surface area contributed by atoms with E-state index in [1.54, 1.807) is 0 Å². The quantitative estimate of drug-likeness (QED) is 0.0261. The lowest BCUT2D eigenvalue weighted by molar-refractivity contribution is -0.167. The third kappa shape index (κ3) is 66.2. The summed E-state index contributed by atoms with van der Waals surface area (Å²) < 4.78 is 16.9. The predicted octanol–water partition coefficient (Wildman–Crippen LogP) is 23.3. The summed E-state index contributed by atoms with van der Waals surface area (Å²) in [7, 11) is 0. The van der Waals surface area contributed by atoms with Crippen LogP contribution in [0.2, 0.25) is 0 Å². The molecule has 0 aliphatic carbocycles. The van der Waals surface area contributed by atoms with Gasteiger partial charge in [-0.25, -0.2) is 0 Å². The van der Waals surface area contributed by atoms with Crippen LogP contribution >= 0.6 is 0 Å². The van der Waals surface area contributed by atoms with E-state index in [1.807, 2.05) is 0 Å². The van der Waals surface area contributed by atoms with Gasteiger partial charge in [0.1, 0.15) is 13.2 Å². The maximum Gasteiger partial charge on any atom is 0.306 e. The molecule has 0 N–H and O–H groups in total. The van der Waals surface area contributed by atoms with Crippen LogP contribution in [0.25, 0.3) is 0 Å². The molecule has 1 unspecified atom stereocenters. The van der Waals surface area contributed by atoms with Gasteiger partial charge in [-0.15, -0.1) is 0 Å². The molecule has 0 aromatic heterocycles. The average Bonchev–Trinajstić information content (AvgIpc) is 3.46. The first kappa shape index (κ1) is 76.5. The summed E-state index contributed by atoms with van der Waals surface area (Å²) in [5.74, 6) is -0.904. The first-order chi connectivity index (χ1) is 40.0. The summed E-state index contributed by atoms with van der Waals surface area (Å²) in [6.07, 6.45) is 96.0. The van der Waals surface area contributed by atoms with Gasteiger partial charge < -0.3 is 14.2 Å². The van der Waals surface area contributed by atoms with Gasteiger partial charge in [0.15, 0.2) is 6.10 Å². The highest BCUT2D eigenvalue weighted by molar-refractivity contribution is 5.71. The summed E-state index contributed by atoms with van der Waals surface area (Å²) in [4.78, 5) is 38.4. The highest BCUT2D eigenvalue weighted by Crippen LogP contribution is 2.16. The fourth-order valence-corrected chi connectivity index (χ4v) is 9.18. The zero-order valence-electron chi connectivity index (χ0n) is 52.8. The number of hydrogen-bond acceptors (Lipinski definition) is 6. The van der Waals surface area contributed by atoms with Crippen LogP contribution in [0.5, 0.6) is 0 Å². The van der Waals surface area contributed by atoms with Crippen molar-refractivity contribution in [3.05, 3.63) is 134 Å². The molecule has 6 nitrogen and oxygen atoms in total. The van der Waals surface area contributed by atoms with Gasteiger partial charge in [0, 0.05) is 19.3 Å². The molecule has 0 heterocycles. The minimum atomic E-state index is -0.793. The molecular weight excluding hydrogens is 997 g/mol. The Labute approximate surface area is 500 Å². The van der Waals surface area contributed by atoms with E-state index in [9.17, 15) is 14.4 Å². The summed E-state index contributed by atoms with van der Waals surface area (Å²) >= 11 is 0. The number of hydrogen-bond donors (Lipinski definition) is 0. The Hall–Kier alpha value is -4.45. The molecule has 6 heteroatoms. The topological polar surface area (TPSA) is 78.9 Å². The third-order valence-electron chi connectivity index (χ3n) is 14.2. The Morgan fingerprint density at radius 2 is 0.481 bits per heavy atom. The number of unbranched alkanes of at least 4 members (excludes halogenated alkanes) is 27. The largest absolute Gasteiger partial charge is 0.462 e. The molecule has 0 saturated carbocycles. The van der Waals surface area contributed by atoms with Crippen LogP contribution in [0.1, 0.15) is 303 Å². The Bertz CT molecular complexity index is 1720. The molecule has 0 aromatic rings. The van der Waals surface area contributed by atoms with E-state index >= 15 is 0 Å². The Morgan fingerprint density at radius 3 is 0.753 bits per heavy atom. The molecule has 0 aliphatic rings. The lowest BCUT2D eigenvalue weighted by Gasteiger charge is -2.18. The molecule has 0 saturated heterocycles. The van der Waals surface area contributed by atoms with Gasteiger partial charge in [-0.05, 0) is 116 Å². The summed E-state index contributed by atoms with van der Waals surface area (Å²) in [5, 5.41) is 0. The second-order valence-corrected chi connectivity index (χ2v) is 22.0. The second kappa shape index (κ2) is 68.1. The van der Waals surface area contributed by atoms with Crippen LogP contribution in [-0.4, -0.2) is 37.2 Å². The van der Waals surface area contributed by atoms with Crippen molar-refractivity contribution in [2.45, 2.75) is 309 Å². The molecule has 0 rings (SSSR count). The third-order valence-corrected chi connectivity index (χ3v) is 14.2. The normalized spacial score (nSPS) is 13.0. The van der Waals surface area contributed by atoms with Gasteiger partial charge in [-0.3, -0.25) is 14.4 Å². The van der Waals surface area contributed by atoms with Crippen molar-refractivity contribution in [3.63, 3.8) is 0 Å². The van der Waals surface area contributed by atoms with Crippen LogP contribution in [0.3, 0.4) is 0 Å². The molecule has 0 fully saturated rings. The van der Waals surface area contributed by atoms with Crippen LogP contribution in [0.15, 0.2) is 134 Å². The van der Waals surface area contributed by atoms with Gasteiger partial charge in [-0.1, -0.05) is 302 Å². The molecule has 1 atom stereocenters.